The van der Waals surface area contributed by atoms with Crippen LogP contribution in [0.2, 0.25) is 5.02 Å². The first-order valence-corrected chi connectivity index (χ1v) is 16.3. The summed E-state index contributed by atoms with van der Waals surface area (Å²) in [6.45, 7) is 6.87. The highest BCUT2D eigenvalue weighted by Gasteiger charge is 2.35. The van der Waals surface area contributed by atoms with E-state index in [1.54, 1.807) is 55.5 Å². The van der Waals surface area contributed by atoms with Crippen LogP contribution in [0.15, 0.2) is 108 Å². The first kappa shape index (κ1) is 32.8. The maximum Gasteiger partial charge on any atom is 0.264 e. The predicted molar refractivity (Wildman–Crippen MR) is 176 cm³/mol. The van der Waals surface area contributed by atoms with Gasteiger partial charge < -0.3 is 10.2 Å². The molecule has 9 heteroatoms. The third-order valence-corrected chi connectivity index (χ3v) is 9.42. The van der Waals surface area contributed by atoms with E-state index in [0.29, 0.717) is 21.8 Å². The number of anilines is 1. The molecular weight excluding hydrogens is 594 g/mol. The van der Waals surface area contributed by atoms with Crippen molar-refractivity contribution in [2.24, 2.45) is 0 Å². The third kappa shape index (κ3) is 8.07. The van der Waals surface area contributed by atoms with Crippen molar-refractivity contribution in [2.45, 2.75) is 57.6 Å². The van der Waals surface area contributed by atoms with E-state index in [9.17, 15) is 18.0 Å². The highest BCUT2D eigenvalue weighted by Crippen LogP contribution is 2.28. The fourth-order valence-electron chi connectivity index (χ4n) is 4.94. The molecule has 0 aliphatic carbocycles. The molecule has 1 unspecified atom stereocenters. The van der Waals surface area contributed by atoms with Crippen molar-refractivity contribution in [2.75, 3.05) is 10.8 Å². The van der Waals surface area contributed by atoms with Crippen LogP contribution < -0.4 is 9.62 Å². The number of hydrogen-bond donors (Lipinski definition) is 1. The summed E-state index contributed by atoms with van der Waals surface area (Å²) in [5, 5.41) is 3.40. The molecule has 0 saturated heterocycles. The third-order valence-electron chi connectivity index (χ3n) is 7.27. The van der Waals surface area contributed by atoms with Crippen LogP contribution in [0.4, 0.5) is 5.69 Å². The maximum atomic E-state index is 14.5. The number of amides is 2. The van der Waals surface area contributed by atoms with E-state index in [0.717, 1.165) is 15.4 Å². The minimum Gasteiger partial charge on any atom is -0.352 e. The van der Waals surface area contributed by atoms with Gasteiger partial charge in [0, 0.05) is 24.0 Å². The number of rotatable bonds is 12. The highest BCUT2D eigenvalue weighted by molar-refractivity contribution is 7.92. The van der Waals surface area contributed by atoms with E-state index < -0.39 is 28.5 Å². The average Bonchev–Trinajstić information content (AvgIpc) is 2.99. The zero-order valence-electron chi connectivity index (χ0n) is 25.4. The summed E-state index contributed by atoms with van der Waals surface area (Å²) in [6, 6.07) is 29.0. The van der Waals surface area contributed by atoms with Gasteiger partial charge in [-0.3, -0.25) is 13.9 Å². The van der Waals surface area contributed by atoms with Crippen LogP contribution in [0.3, 0.4) is 0 Å². The summed E-state index contributed by atoms with van der Waals surface area (Å²) in [6.07, 6.45) is 0.227. The second kappa shape index (κ2) is 14.6. The van der Waals surface area contributed by atoms with E-state index in [2.05, 4.69) is 5.32 Å². The van der Waals surface area contributed by atoms with E-state index >= 15 is 0 Å². The maximum absolute atomic E-state index is 14.5. The standard InChI is InChI=1S/C35H38ClN3O4S/c1-25(2)37-35(41)33(22-28-13-6-5-7-14-28)38(23-29-15-9-10-16-31(29)36)34(40)24-39(32-17-11-8-12-27(32)4)44(42,43)30-20-18-26(3)19-21-30/h5-21,25,33H,22-24H2,1-4H3,(H,37,41). The molecule has 0 aromatic heterocycles. The van der Waals surface area contributed by atoms with Crippen LogP contribution >= 0.6 is 11.6 Å². The zero-order valence-corrected chi connectivity index (χ0v) is 27.0. The predicted octanol–water partition coefficient (Wildman–Crippen LogP) is 6.32. The zero-order chi connectivity index (χ0) is 31.9. The molecule has 0 aliphatic heterocycles. The number of aryl methyl sites for hydroxylation is 2. The summed E-state index contributed by atoms with van der Waals surface area (Å²) >= 11 is 6.54. The SMILES string of the molecule is Cc1ccc(S(=O)(=O)N(CC(=O)N(Cc2ccccc2Cl)C(Cc2ccccc2)C(=O)NC(C)C)c2ccccc2C)cc1. The topological polar surface area (TPSA) is 86.8 Å². The van der Waals surface area contributed by atoms with Gasteiger partial charge in [0.05, 0.1) is 10.6 Å². The number of benzene rings is 4. The lowest BCUT2D eigenvalue weighted by atomic mass is 10.0. The van der Waals surface area contributed by atoms with Crippen molar-refractivity contribution in [1.29, 1.82) is 0 Å². The van der Waals surface area contributed by atoms with Gasteiger partial charge in [-0.15, -0.1) is 0 Å². The van der Waals surface area contributed by atoms with Crippen molar-refractivity contribution in [3.05, 3.63) is 130 Å². The molecule has 0 radical (unpaired) electrons. The molecule has 230 valence electrons. The summed E-state index contributed by atoms with van der Waals surface area (Å²) in [7, 11) is -4.17. The van der Waals surface area contributed by atoms with E-state index in [4.69, 9.17) is 11.6 Å². The van der Waals surface area contributed by atoms with Gasteiger partial charge in [0.25, 0.3) is 10.0 Å². The number of carbonyl (C=O) groups is 2. The van der Waals surface area contributed by atoms with Gasteiger partial charge in [-0.2, -0.15) is 0 Å². The van der Waals surface area contributed by atoms with Crippen LogP contribution in [0, 0.1) is 13.8 Å². The molecule has 4 aromatic carbocycles. The molecular formula is C35H38ClN3O4S. The molecule has 0 fully saturated rings. The van der Waals surface area contributed by atoms with Gasteiger partial charge >= 0.3 is 0 Å². The molecule has 0 saturated carbocycles. The van der Waals surface area contributed by atoms with E-state index in [1.165, 1.54) is 17.0 Å². The lowest BCUT2D eigenvalue weighted by molar-refractivity contribution is -0.140. The monoisotopic (exact) mass is 631 g/mol. The first-order chi connectivity index (χ1) is 21.0. The molecule has 0 heterocycles. The molecule has 0 bridgehead atoms. The molecule has 44 heavy (non-hydrogen) atoms. The Morgan fingerprint density at radius 3 is 2.07 bits per heavy atom. The number of sulfonamides is 1. The highest BCUT2D eigenvalue weighted by atomic mass is 35.5. The minimum atomic E-state index is -4.17. The summed E-state index contributed by atoms with van der Waals surface area (Å²) in [4.78, 5) is 29.8. The normalized spacial score (nSPS) is 12.0. The Kier molecular flexibility index (Phi) is 10.8. The second-order valence-corrected chi connectivity index (χ2v) is 13.4. The minimum absolute atomic E-state index is 0.00765. The van der Waals surface area contributed by atoms with Gasteiger partial charge in [0.2, 0.25) is 11.8 Å². The lowest BCUT2D eigenvalue weighted by Gasteiger charge is -2.34. The molecule has 2 amide bonds. The summed E-state index contributed by atoms with van der Waals surface area (Å²) in [5.41, 5.74) is 3.48. The Bertz CT molecular complexity index is 1690. The van der Waals surface area contributed by atoms with Crippen molar-refractivity contribution >= 4 is 39.1 Å². The van der Waals surface area contributed by atoms with Crippen LogP contribution in [-0.4, -0.2) is 43.8 Å². The first-order valence-electron chi connectivity index (χ1n) is 14.5. The Morgan fingerprint density at radius 1 is 0.818 bits per heavy atom. The fourth-order valence-corrected chi connectivity index (χ4v) is 6.61. The Labute approximate surface area is 265 Å². The fraction of sp³-hybridized carbons (Fsp3) is 0.257. The van der Waals surface area contributed by atoms with Gasteiger partial charge in [0.1, 0.15) is 12.6 Å². The van der Waals surface area contributed by atoms with Gasteiger partial charge in [0.15, 0.2) is 0 Å². The van der Waals surface area contributed by atoms with Crippen molar-refractivity contribution in [1.82, 2.24) is 10.2 Å². The largest absolute Gasteiger partial charge is 0.352 e. The number of para-hydroxylation sites is 1. The number of carbonyl (C=O) groups excluding carboxylic acids is 2. The van der Waals surface area contributed by atoms with Crippen LogP contribution in [0.5, 0.6) is 0 Å². The number of halogens is 1. The van der Waals surface area contributed by atoms with Crippen molar-refractivity contribution in [3.8, 4) is 0 Å². The number of nitrogens with one attached hydrogen (secondary N) is 1. The van der Waals surface area contributed by atoms with Crippen LogP contribution in [-0.2, 0) is 32.6 Å². The molecule has 0 spiro atoms. The van der Waals surface area contributed by atoms with Crippen LogP contribution in [0.25, 0.3) is 0 Å². The van der Waals surface area contributed by atoms with Gasteiger partial charge in [-0.25, -0.2) is 8.42 Å². The van der Waals surface area contributed by atoms with E-state index in [-0.39, 0.29) is 29.8 Å². The Balaban J connectivity index is 1.82. The Morgan fingerprint density at radius 2 is 1.43 bits per heavy atom. The molecule has 1 atom stereocenters. The van der Waals surface area contributed by atoms with E-state index in [1.807, 2.05) is 63.2 Å². The summed E-state index contributed by atoms with van der Waals surface area (Å²) in [5.74, 6) is -0.878. The molecule has 7 nitrogen and oxygen atoms in total. The Hall–Kier alpha value is -4.14. The molecule has 0 aliphatic rings. The average molecular weight is 632 g/mol. The molecule has 4 rings (SSSR count). The van der Waals surface area contributed by atoms with Crippen molar-refractivity contribution < 1.29 is 18.0 Å². The van der Waals surface area contributed by atoms with Gasteiger partial charge in [-0.05, 0) is 68.7 Å². The van der Waals surface area contributed by atoms with Gasteiger partial charge in [-0.1, -0.05) is 96.0 Å². The molecule has 1 N–H and O–H groups in total. The second-order valence-electron chi connectivity index (χ2n) is 11.1. The molecule has 4 aromatic rings. The quantitative estimate of drug-likeness (QED) is 0.198. The lowest BCUT2D eigenvalue weighted by Crippen LogP contribution is -2.54. The van der Waals surface area contributed by atoms with Crippen LogP contribution in [0.1, 0.15) is 36.1 Å². The summed E-state index contributed by atoms with van der Waals surface area (Å²) < 4.78 is 29.5. The number of nitrogens with zero attached hydrogens (tertiary/aromatic N) is 2. The number of hydrogen-bond acceptors (Lipinski definition) is 4. The smallest absolute Gasteiger partial charge is 0.264 e. The van der Waals surface area contributed by atoms with Crippen molar-refractivity contribution in [3.63, 3.8) is 0 Å².